The van der Waals surface area contributed by atoms with Gasteiger partial charge < -0.3 is 15.0 Å². The van der Waals surface area contributed by atoms with Gasteiger partial charge in [-0.05, 0) is 61.9 Å². The molecule has 0 fully saturated rings. The van der Waals surface area contributed by atoms with Gasteiger partial charge in [0.2, 0.25) is 5.91 Å². The van der Waals surface area contributed by atoms with Crippen LogP contribution in [0.4, 0.5) is 4.39 Å². The summed E-state index contributed by atoms with van der Waals surface area (Å²) in [6.07, 6.45) is 0.331. The Hall–Kier alpha value is -3.71. The summed E-state index contributed by atoms with van der Waals surface area (Å²) in [5.74, 6) is -0.166. The Labute approximate surface area is 237 Å². The fraction of sp³-hybridized carbons (Fsp3) is 0.250. The van der Waals surface area contributed by atoms with Crippen LogP contribution in [0.25, 0.3) is 10.8 Å². The van der Waals surface area contributed by atoms with Crippen molar-refractivity contribution in [1.29, 1.82) is 0 Å². The molecular formula is C32H32BrFN2O3. The smallest absolute Gasteiger partial charge is 0.261 e. The summed E-state index contributed by atoms with van der Waals surface area (Å²) in [5.41, 5.74) is 1.64. The first-order valence-electron chi connectivity index (χ1n) is 13.0. The lowest BCUT2D eigenvalue weighted by molar-refractivity contribution is -0.142. The maximum absolute atomic E-state index is 13.8. The van der Waals surface area contributed by atoms with Gasteiger partial charge in [0.1, 0.15) is 17.6 Å². The van der Waals surface area contributed by atoms with E-state index >= 15 is 0 Å². The van der Waals surface area contributed by atoms with Crippen LogP contribution in [0.1, 0.15) is 25.0 Å². The van der Waals surface area contributed by atoms with Crippen molar-refractivity contribution >= 4 is 38.5 Å². The molecule has 1 unspecified atom stereocenters. The molecule has 0 aliphatic carbocycles. The minimum atomic E-state index is -0.785. The highest BCUT2D eigenvalue weighted by Crippen LogP contribution is 2.33. The second kappa shape index (κ2) is 13.4. The largest absolute Gasteiger partial charge is 0.483 e. The zero-order chi connectivity index (χ0) is 27.8. The van der Waals surface area contributed by atoms with Crippen molar-refractivity contribution in [2.45, 2.75) is 32.9 Å². The summed E-state index contributed by atoms with van der Waals surface area (Å²) < 4.78 is 20.4. The number of hydrogen-bond acceptors (Lipinski definition) is 3. The van der Waals surface area contributed by atoms with Crippen LogP contribution in [-0.2, 0) is 22.6 Å². The van der Waals surface area contributed by atoms with Crippen LogP contribution in [0.2, 0.25) is 0 Å². The number of carbonyl (C=O) groups is 2. The zero-order valence-electron chi connectivity index (χ0n) is 22.1. The molecule has 0 aliphatic heterocycles. The van der Waals surface area contributed by atoms with E-state index in [0.29, 0.717) is 24.3 Å². The first-order valence-corrected chi connectivity index (χ1v) is 13.8. The van der Waals surface area contributed by atoms with Crippen LogP contribution in [0, 0.1) is 11.7 Å². The second-order valence-corrected chi connectivity index (χ2v) is 10.7. The summed E-state index contributed by atoms with van der Waals surface area (Å²) in [4.78, 5) is 28.8. The predicted octanol–water partition coefficient (Wildman–Crippen LogP) is 6.53. The molecule has 0 saturated carbocycles. The summed E-state index contributed by atoms with van der Waals surface area (Å²) >= 11 is 3.61. The Morgan fingerprint density at radius 1 is 0.897 bits per heavy atom. The first-order chi connectivity index (χ1) is 18.8. The molecule has 0 spiro atoms. The molecule has 5 nitrogen and oxygen atoms in total. The lowest BCUT2D eigenvalue weighted by Crippen LogP contribution is -2.52. The van der Waals surface area contributed by atoms with Gasteiger partial charge in [0.25, 0.3) is 5.91 Å². The number of ether oxygens (including phenoxy) is 1. The monoisotopic (exact) mass is 590 g/mol. The zero-order valence-corrected chi connectivity index (χ0v) is 23.7. The third kappa shape index (κ3) is 7.67. The molecule has 0 aromatic heterocycles. The topological polar surface area (TPSA) is 58.6 Å². The summed E-state index contributed by atoms with van der Waals surface area (Å²) in [6.45, 7) is 4.39. The normalized spacial score (nSPS) is 11.8. The Bertz CT molecular complexity index is 1410. The number of amides is 2. The molecule has 4 aromatic rings. The van der Waals surface area contributed by atoms with Gasteiger partial charge in [-0.3, -0.25) is 9.59 Å². The van der Waals surface area contributed by atoms with Crippen LogP contribution >= 0.6 is 15.9 Å². The van der Waals surface area contributed by atoms with E-state index in [9.17, 15) is 14.0 Å². The molecule has 2 amide bonds. The summed E-state index contributed by atoms with van der Waals surface area (Å²) in [7, 11) is 0. The number of nitrogens with one attached hydrogen (secondary N) is 1. The third-order valence-electron chi connectivity index (χ3n) is 6.40. The van der Waals surface area contributed by atoms with E-state index in [4.69, 9.17) is 4.74 Å². The maximum Gasteiger partial charge on any atom is 0.261 e. The van der Waals surface area contributed by atoms with Crippen LogP contribution < -0.4 is 10.1 Å². The fourth-order valence-electron chi connectivity index (χ4n) is 4.31. The van der Waals surface area contributed by atoms with Crippen LogP contribution in [0.5, 0.6) is 5.75 Å². The standard InChI is InChI=1S/C32H32BrFN2O3/c1-22(2)19-35-32(38)28(18-23-8-4-3-5-9-23)36(20-24-12-15-26(34)16-13-24)30(37)21-39-29-17-14-25-10-6-7-11-27(25)31(29)33/h3-17,22,28H,18-21H2,1-2H3,(H,35,38). The summed E-state index contributed by atoms with van der Waals surface area (Å²) in [6, 6.07) is 26.4. The highest BCUT2D eigenvalue weighted by atomic mass is 79.9. The number of rotatable bonds is 11. The number of carbonyl (C=O) groups excluding carboxylic acids is 2. The van der Waals surface area contributed by atoms with Gasteiger partial charge in [-0.2, -0.15) is 0 Å². The van der Waals surface area contributed by atoms with Crippen molar-refractivity contribution in [2.75, 3.05) is 13.2 Å². The quantitative estimate of drug-likeness (QED) is 0.216. The predicted molar refractivity (Wildman–Crippen MR) is 156 cm³/mol. The van der Waals surface area contributed by atoms with E-state index in [1.807, 2.05) is 80.6 Å². The van der Waals surface area contributed by atoms with E-state index in [0.717, 1.165) is 20.8 Å². The Morgan fingerprint density at radius 3 is 2.31 bits per heavy atom. The molecule has 4 rings (SSSR count). The number of halogens is 2. The van der Waals surface area contributed by atoms with E-state index in [2.05, 4.69) is 21.2 Å². The molecule has 1 atom stereocenters. The molecule has 0 aliphatic rings. The van der Waals surface area contributed by atoms with Gasteiger partial charge in [-0.15, -0.1) is 0 Å². The van der Waals surface area contributed by atoms with Gasteiger partial charge in [-0.1, -0.05) is 86.6 Å². The van der Waals surface area contributed by atoms with Crippen molar-refractivity contribution in [3.63, 3.8) is 0 Å². The lowest BCUT2D eigenvalue weighted by Gasteiger charge is -2.31. The molecule has 0 radical (unpaired) electrons. The van der Waals surface area contributed by atoms with Crippen LogP contribution in [-0.4, -0.2) is 35.9 Å². The minimum Gasteiger partial charge on any atom is -0.483 e. The molecule has 4 aromatic carbocycles. The van der Waals surface area contributed by atoms with Crippen molar-refractivity contribution in [1.82, 2.24) is 10.2 Å². The van der Waals surface area contributed by atoms with E-state index in [1.54, 1.807) is 12.1 Å². The van der Waals surface area contributed by atoms with Gasteiger partial charge in [0, 0.05) is 19.5 Å². The molecule has 39 heavy (non-hydrogen) atoms. The average Bonchev–Trinajstić information content (AvgIpc) is 2.94. The number of benzene rings is 4. The molecule has 0 saturated heterocycles. The molecule has 1 N–H and O–H groups in total. The Kier molecular flexibility index (Phi) is 9.71. The number of fused-ring (bicyclic) bond motifs is 1. The SMILES string of the molecule is CC(C)CNC(=O)C(Cc1ccccc1)N(Cc1ccc(F)cc1)C(=O)COc1ccc2ccccc2c1Br. The van der Waals surface area contributed by atoms with Gasteiger partial charge in [0.15, 0.2) is 6.61 Å². The molecule has 7 heteroatoms. The van der Waals surface area contributed by atoms with Crippen molar-refractivity contribution in [2.24, 2.45) is 5.92 Å². The number of hydrogen-bond donors (Lipinski definition) is 1. The van der Waals surface area contributed by atoms with E-state index in [1.165, 1.54) is 17.0 Å². The van der Waals surface area contributed by atoms with Crippen LogP contribution in [0.15, 0.2) is 95.5 Å². The molecule has 0 bridgehead atoms. The fourth-order valence-corrected chi connectivity index (χ4v) is 4.92. The van der Waals surface area contributed by atoms with E-state index < -0.39 is 6.04 Å². The first kappa shape index (κ1) is 28.3. The average molecular weight is 592 g/mol. The Morgan fingerprint density at radius 2 is 1.59 bits per heavy atom. The van der Waals surface area contributed by atoms with E-state index in [-0.39, 0.29) is 36.7 Å². The van der Waals surface area contributed by atoms with Crippen molar-refractivity contribution in [3.05, 3.63) is 112 Å². The minimum absolute atomic E-state index is 0.133. The highest BCUT2D eigenvalue weighted by molar-refractivity contribution is 9.10. The molecular weight excluding hydrogens is 559 g/mol. The Balaban J connectivity index is 1.63. The van der Waals surface area contributed by atoms with Crippen molar-refractivity contribution in [3.8, 4) is 5.75 Å². The maximum atomic E-state index is 13.8. The molecule has 202 valence electrons. The van der Waals surface area contributed by atoms with Crippen LogP contribution in [0.3, 0.4) is 0 Å². The second-order valence-electron chi connectivity index (χ2n) is 9.88. The highest BCUT2D eigenvalue weighted by Gasteiger charge is 2.31. The van der Waals surface area contributed by atoms with Gasteiger partial charge in [-0.25, -0.2) is 4.39 Å². The third-order valence-corrected chi connectivity index (χ3v) is 7.22. The van der Waals surface area contributed by atoms with Gasteiger partial charge in [0.05, 0.1) is 4.47 Å². The summed E-state index contributed by atoms with van der Waals surface area (Å²) in [5, 5.41) is 5.01. The lowest BCUT2D eigenvalue weighted by atomic mass is 10.0. The number of nitrogens with zero attached hydrogens (tertiary/aromatic N) is 1. The van der Waals surface area contributed by atoms with Gasteiger partial charge >= 0.3 is 0 Å². The van der Waals surface area contributed by atoms with Crippen molar-refractivity contribution < 1.29 is 18.7 Å². The molecule has 0 heterocycles.